The largest absolute Gasteiger partial charge is 0.351 e. The van der Waals surface area contributed by atoms with Crippen LogP contribution in [0.3, 0.4) is 0 Å². The summed E-state index contributed by atoms with van der Waals surface area (Å²) >= 11 is 1.46. The van der Waals surface area contributed by atoms with Crippen LogP contribution < -0.4 is 5.32 Å². The van der Waals surface area contributed by atoms with Crippen LogP contribution >= 0.6 is 11.3 Å². The molecule has 1 N–H and O–H groups in total. The topological polar surface area (TPSA) is 46.9 Å². The van der Waals surface area contributed by atoms with Gasteiger partial charge < -0.3 is 9.88 Å². The Morgan fingerprint density at radius 1 is 1.40 bits per heavy atom. The molecule has 0 bridgehead atoms. The molecule has 0 aliphatic rings. The zero-order valence-electron chi connectivity index (χ0n) is 11.2. The molecule has 0 aromatic carbocycles. The molecule has 1 amide bonds. The molecule has 0 spiro atoms. The van der Waals surface area contributed by atoms with E-state index in [4.69, 9.17) is 0 Å². The molecule has 0 fully saturated rings. The van der Waals surface area contributed by atoms with Gasteiger partial charge in [-0.1, -0.05) is 6.07 Å². The lowest BCUT2D eigenvalue weighted by atomic mass is 10.1. The van der Waals surface area contributed by atoms with Gasteiger partial charge in [-0.05, 0) is 35.6 Å². The van der Waals surface area contributed by atoms with E-state index in [-0.39, 0.29) is 5.91 Å². The number of carbonyl (C=O) groups is 1. The molecule has 0 atom stereocenters. The van der Waals surface area contributed by atoms with Gasteiger partial charge in [0.25, 0.3) is 5.91 Å². The first-order valence-corrected chi connectivity index (χ1v) is 7.34. The normalized spacial score (nSPS) is 10.8. The van der Waals surface area contributed by atoms with Crippen LogP contribution in [0.1, 0.15) is 15.2 Å². The van der Waals surface area contributed by atoms with E-state index in [2.05, 4.69) is 22.6 Å². The quantitative estimate of drug-likeness (QED) is 0.801. The zero-order valence-corrected chi connectivity index (χ0v) is 12.0. The van der Waals surface area contributed by atoms with Crippen LogP contribution in [-0.2, 0) is 13.5 Å². The molecule has 0 radical (unpaired) electrons. The van der Waals surface area contributed by atoms with Crippen molar-refractivity contribution in [3.05, 3.63) is 52.5 Å². The van der Waals surface area contributed by atoms with Crippen LogP contribution in [0.4, 0.5) is 0 Å². The average Bonchev–Trinajstić information content (AvgIpc) is 3.09. The number of carbonyl (C=O) groups excluding carboxylic acids is 1. The molecule has 3 rings (SSSR count). The minimum Gasteiger partial charge on any atom is -0.351 e. The lowest BCUT2D eigenvalue weighted by Crippen LogP contribution is -2.24. The van der Waals surface area contributed by atoms with Crippen molar-refractivity contribution >= 4 is 28.3 Å². The minimum atomic E-state index is -0.00152. The summed E-state index contributed by atoms with van der Waals surface area (Å²) in [5.41, 5.74) is 2.19. The highest BCUT2D eigenvalue weighted by molar-refractivity contribution is 7.12. The van der Waals surface area contributed by atoms with Crippen LogP contribution in [0.2, 0.25) is 0 Å². The van der Waals surface area contributed by atoms with Crippen molar-refractivity contribution in [1.82, 2.24) is 14.9 Å². The van der Waals surface area contributed by atoms with Crippen molar-refractivity contribution in [2.75, 3.05) is 6.54 Å². The predicted octanol–water partition coefficient (Wildman–Crippen LogP) is 2.61. The van der Waals surface area contributed by atoms with E-state index in [1.165, 1.54) is 16.9 Å². The molecule has 3 heterocycles. The summed E-state index contributed by atoms with van der Waals surface area (Å²) in [6.07, 6.45) is 4.68. The Bertz CT molecular complexity index is 731. The van der Waals surface area contributed by atoms with Crippen LogP contribution in [-0.4, -0.2) is 22.0 Å². The summed E-state index contributed by atoms with van der Waals surface area (Å²) in [6, 6.07) is 7.73. The first kappa shape index (κ1) is 12.9. The van der Waals surface area contributed by atoms with E-state index in [1.54, 1.807) is 6.20 Å². The molecule has 3 aromatic heterocycles. The monoisotopic (exact) mass is 285 g/mol. The molecular formula is C15H15N3OS. The number of aromatic nitrogens is 2. The van der Waals surface area contributed by atoms with Gasteiger partial charge in [-0.2, -0.15) is 0 Å². The highest BCUT2D eigenvalue weighted by Crippen LogP contribution is 2.18. The van der Waals surface area contributed by atoms with Gasteiger partial charge in [0.05, 0.1) is 4.88 Å². The van der Waals surface area contributed by atoms with Gasteiger partial charge in [0.15, 0.2) is 0 Å². The van der Waals surface area contributed by atoms with Gasteiger partial charge in [0.1, 0.15) is 5.65 Å². The Hall–Kier alpha value is -2.14. The van der Waals surface area contributed by atoms with E-state index in [0.717, 1.165) is 22.3 Å². The van der Waals surface area contributed by atoms with Crippen LogP contribution in [0.15, 0.2) is 42.0 Å². The first-order valence-electron chi connectivity index (χ1n) is 6.46. The van der Waals surface area contributed by atoms with Crippen molar-refractivity contribution in [2.45, 2.75) is 6.42 Å². The Morgan fingerprint density at radius 3 is 3.10 bits per heavy atom. The fourth-order valence-corrected chi connectivity index (χ4v) is 2.94. The second-order valence-electron chi connectivity index (χ2n) is 4.62. The highest BCUT2D eigenvalue weighted by Gasteiger charge is 2.08. The van der Waals surface area contributed by atoms with Gasteiger partial charge in [0.2, 0.25) is 0 Å². The smallest absolute Gasteiger partial charge is 0.261 e. The third kappa shape index (κ3) is 2.44. The number of nitrogens with one attached hydrogen (secondary N) is 1. The van der Waals surface area contributed by atoms with Gasteiger partial charge in [-0.15, -0.1) is 11.3 Å². The summed E-state index contributed by atoms with van der Waals surface area (Å²) in [5, 5.41) is 6.01. The number of pyridine rings is 1. The lowest BCUT2D eigenvalue weighted by molar-refractivity contribution is 0.0958. The highest BCUT2D eigenvalue weighted by atomic mass is 32.1. The van der Waals surface area contributed by atoms with Crippen molar-refractivity contribution < 1.29 is 4.79 Å². The van der Waals surface area contributed by atoms with Crippen molar-refractivity contribution in [2.24, 2.45) is 7.05 Å². The third-order valence-corrected chi connectivity index (χ3v) is 4.11. The molecule has 3 aromatic rings. The molecule has 0 unspecified atom stereocenters. The molecule has 20 heavy (non-hydrogen) atoms. The number of rotatable bonds is 4. The number of aryl methyl sites for hydroxylation is 1. The Balaban J connectivity index is 1.67. The summed E-state index contributed by atoms with van der Waals surface area (Å²) < 4.78 is 2.02. The minimum absolute atomic E-state index is 0.00152. The second kappa shape index (κ2) is 5.46. The van der Waals surface area contributed by atoms with Crippen LogP contribution in [0, 0.1) is 0 Å². The van der Waals surface area contributed by atoms with Crippen molar-refractivity contribution in [3.63, 3.8) is 0 Å². The predicted molar refractivity (Wildman–Crippen MR) is 81.1 cm³/mol. The molecular weight excluding hydrogens is 270 g/mol. The molecule has 4 nitrogen and oxygen atoms in total. The fourth-order valence-electron chi connectivity index (χ4n) is 2.30. The van der Waals surface area contributed by atoms with Crippen molar-refractivity contribution in [1.29, 1.82) is 0 Å². The number of thiophene rings is 1. The molecule has 0 aliphatic carbocycles. The van der Waals surface area contributed by atoms with Gasteiger partial charge in [0, 0.05) is 31.4 Å². The molecule has 102 valence electrons. The molecule has 0 aliphatic heterocycles. The zero-order chi connectivity index (χ0) is 13.9. The first-order chi connectivity index (χ1) is 9.75. The lowest BCUT2D eigenvalue weighted by Gasteiger charge is -2.02. The summed E-state index contributed by atoms with van der Waals surface area (Å²) in [6.45, 7) is 0.630. The fraction of sp³-hybridized carbons (Fsp3) is 0.200. The van der Waals surface area contributed by atoms with E-state index in [0.29, 0.717) is 6.54 Å². The third-order valence-electron chi connectivity index (χ3n) is 3.24. The van der Waals surface area contributed by atoms with Gasteiger partial charge in [-0.25, -0.2) is 4.98 Å². The average molecular weight is 285 g/mol. The van der Waals surface area contributed by atoms with Crippen molar-refractivity contribution in [3.8, 4) is 0 Å². The summed E-state index contributed by atoms with van der Waals surface area (Å²) in [5.74, 6) is -0.00152. The number of nitrogens with zero attached hydrogens (tertiary/aromatic N) is 2. The van der Waals surface area contributed by atoms with E-state index in [9.17, 15) is 4.79 Å². The van der Waals surface area contributed by atoms with Gasteiger partial charge >= 0.3 is 0 Å². The van der Waals surface area contributed by atoms with E-state index >= 15 is 0 Å². The SMILES string of the molecule is Cn1cc(CCNC(=O)c2cccs2)c2cccnc21. The molecule has 0 saturated carbocycles. The summed E-state index contributed by atoms with van der Waals surface area (Å²) in [7, 11) is 1.99. The van der Waals surface area contributed by atoms with Gasteiger partial charge in [-0.3, -0.25) is 4.79 Å². The Labute approximate surface area is 121 Å². The summed E-state index contributed by atoms with van der Waals surface area (Å²) in [4.78, 5) is 17.0. The Kier molecular flexibility index (Phi) is 3.52. The number of hydrogen-bond acceptors (Lipinski definition) is 3. The maximum absolute atomic E-state index is 11.8. The van der Waals surface area contributed by atoms with E-state index < -0.39 is 0 Å². The number of amides is 1. The molecule has 5 heteroatoms. The standard InChI is InChI=1S/C15H15N3OS/c1-18-10-11(12-4-2-7-16-14(12)18)6-8-17-15(19)13-5-3-9-20-13/h2-5,7,9-10H,6,8H2,1H3,(H,17,19). The second-order valence-corrected chi connectivity index (χ2v) is 5.57. The van der Waals surface area contributed by atoms with E-state index in [1.807, 2.05) is 35.2 Å². The maximum atomic E-state index is 11.8. The number of fused-ring (bicyclic) bond motifs is 1. The Morgan fingerprint density at radius 2 is 2.30 bits per heavy atom. The maximum Gasteiger partial charge on any atom is 0.261 e. The van der Waals surface area contributed by atoms with Crippen LogP contribution in [0.25, 0.3) is 11.0 Å². The number of hydrogen-bond donors (Lipinski definition) is 1. The molecule has 0 saturated heterocycles. The van der Waals surface area contributed by atoms with Crippen LogP contribution in [0.5, 0.6) is 0 Å².